The standard InChI is InChI=1S/C21H20N4O3/c1-13-3-5-16(14(2)7-13)25-20-11-22-17(10-23-20)21(26)24-9-15-4-6-18-19(8-15)28-12-27-18/h3-8,10-11H,9,12H2,1-2H3,(H,23,25)(H,24,26). The van der Waals surface area contributed by atoms with Crippen molar-refractivity contribution in [3.05, 3.63) is 71.2 Å². The lowest BCUT2D eigenvalue weighted by atomic mass is 10.1. The number of carbonyl (C=O) groups excluding carboxylic acids is 1. The van der Waals surface area contributed by atoms with E-state index in [1.807, 2.05) is 44.2 Å². The lowest BCUT2D eigenvalue weighted by Crippen LogP contribution is -2.24. The van der Waals surface area contributed by atoms with Crippen molar-refractivity contribution in [2.45, 2.75) is 20.4 Å². The molecular weight excluding hydrogens is 356 g/mol. The Kier molecular flexibility index (Phi) is 4.80. The molecule has 142 valence electrons. The SMILES string of the molecule is Cc1ccc(Nc2cnc(C(=O)NCc3ccc4c(c3)OCO4)cn2)c(C)c1. The number of aromatic nitrogens is 2. The molecule has 2 heterocycles. The molecule has 1 amide bonds. The van der Waals surface area contributed by atoms with E-state index in [4.69, 9.17) is 9.47 Å². The summed E-state index contributed by atoms with van der Waals surface area (Å²) in [7, 11) is 0. The molecule has 0 aliphatic carbocycles. The Labute approximate surface area is 162 Å². The van der Waals surface area contributed by atoms with Crippen molar-refractivity contribution >= 4 is 17.4 Å². The summed E-state index contributed by atoms with van der Waals surface area (Å²) >= 11 is 0. The van der Waals surface area contributed by atoms with E-state index in [1.54, 1.807) is 6.20 Å². The van der Waals surface area contributed by atoms with Gasteiger partial charge in [0.05, 0.1) is 12.4 Å². The highest BCUT2D eigenvalue weighted by Crippen LogP contribution is 2.32. The molecule has 3 aromatic rings. The van der Waals surface area contributed by atoms with Crippen LogP contribution in [-0.4, -0.2) is 22.7 Å². The van der Waals surface area contributed by atoms with Gasteiger partial charge in [0.15, 0.2) is 11.5 Å². The van der Waals surface area contributed by atoms with E-state index in [-0.39, 0.29) is 18.4 Å². The van der Waals surface area contributed by atoms with Gasteiger partial charge in [-0.1, -0.05) is 23.8 Å². The van der Waals surface area contributed by atoms with Crippen LogP contribution in [0.3, 0.4) is 0 Å². The van der Waals surface area contributed by atoms with Gasteiger partial charge in [-0.3, -0.25) is 4.79 Å². The Morgan fingerprint density at radius 1 is 1.04 bits per heavy atom. The van der Waals surface area contributed by atoms with Crippen molar-refractivity contribution in [2.75, 3.05) is 12.1 Å². The first-order valence-electron chi connectivity index (χ1n) is 8.91. The first kappa shape index (κ1) is 17.8. The van der Waals surface area contributed by atoms with E-state index in [2.05, 4.69) is 26.7 Å². The van der Waals surface area contributed by atoms with Crippen LogP contribution in [0.4, 0.5) is 11.5 Å². The van der Waals surface area contributed by atoms with Gasteiger partial charge < -0.3 is 20.1 Å². The Bertz CT molecular complexity index is 1020. The maximum absolute atomic E-state index is 12.3. The predicted octanol–water partition coefficient (Wildman–Crippen LogP) is 3.50. The fourth-order valence-corrected chi connectivity index (χ4v) is 2.93. The zero-order valence-electron chi connectivity index (χ0n) is 15.7. The van der Waals surface area contributed by atoms with Crippen LogP contribution in [0.5, 0.6) is 11.5 Å². The number of carbonyl (C=O) groups is 1. The molecule has 0 bridgehead atoms. The van der Waals surface area contributed by atoms with Crippen LogP contribution in [0.1, 0.15) is 27.2 Å². The number of anilines is 2. The van der Waals surface area contributed by atoms with E-state index in [9.17, 15) is 4.79 Å². The lowest BCUT2D eigenvalue weighted by molar-refractivity contribution is 0.0945. The van der Waals surface area contributed by atoms with Crippen molar-refractivity contribution in [2.24, 2.45) is 0 Å². The maximum Gasteiger partial charge on any atom is 0.271 e. The van der Waals surface area contributed by atoms with Gasteiger partial charge >= 0.3 is 0 Å². The smallest absolute Gasteiger partial charge is 0.271 e. The second-order valence-corrected chi connectivity index (χ2v) is 6.60. The second kappa shape index (κ2) is 7.56. The van der Waals surface area contributed by atoms with Crippen LogP contribution in [0.15, 0.2) is 48.8 Å². The summed E-state index contributed by atoms with van der Waals surface area (Å²) in [5.74, 6) is 1.70. The van der Waals surface area contributed by atoms with E-state index in [0.29, 0.717) is 23.9 Å². The fraction of sp³-hybridized carbons (Fsp3) is 0.190. The Morgan fingerprint density at radius 2 is 1.89 bits per heavy atom. The Hall–Kier alpha value is -3.61. The van der Waals surface area contributed by atoms with E-state index < -0.39 is 0 Å². The van der Waals surface area contributed by atoms with Gasteiger partial charge in [-0.25, -0.2) is 9.97 Å². The zero-order chi connectivity index (χ0) is 19.5. The van der Waals surface area contributed by atoms with Gasteiger partial charge in [0.2, 0.25) is 6.79 Å². The minimum atomic E-state index is -0.289. The molecule has 0 saturated heterocycles. The molecule has 0 fully saturated rings. The number of amides is 1. The maximum atomic E-state index is 12.3. The number of aryl methyl sites for hydroxylation is 2. The van der Waals surface area contributed by atoms with Crippen molar-refractivity contribution in [3.8, 4) is 11.5 Å². The molecule has 2 N–H and O–H groups in total. The fourth-order valence-electron chi connectivity index (χ4n) is 2.93. The van der Waals surface area contributed by atoms with E-state index in [1.165, 1.54) is 11.8 Å². The summed E-state index contributed by atoms with van der Waals surface area (Å²) in [6, 6.07) is 11.7. The third-order valence-electron chi connectivity index (χ3n) is 4.42. The summed E-state index contributed by atoms with van der Waals surface area (Å²) < 4.78 is 10.6. The molecule has 7 nitrogen and oxygen atoms in total. The Balaban J connectivity index is 1.37. The van der Waals surface area contributed by atoms with Gasteiger partial charge in [0, 0.05) is 12.2 Å². The van der Waals surface area contributed by atoms with Gasteiger partial charge in [0.25, 0.3) is 5.91 Å². The van der Waals surface area contributed by atoms with Crippen LogP contribution in [0.25, 0.3) is 0 Å². The number of rotatable bonds is 5. The highest BCUT2D eigenvalue weighted by atomic mass is 16.7. The minimum absolute atomic E-state index is 0.225. The minimum Gasteiger partial charge on any atom is -0.454 e. The number of fused-ring (bicyclic) bond motifs is 1. The average molecular weight is 376 g/mol. The van der Waals surface area contributed by atoms with Gasteiger partial charge in [-0.2, -0.15) is 0 Å². The monoisotopic (exact) mass is 376 g/mol. The lowest BCUT2D eigenvalue weighted by Gasteiger charge is -2.10. The molecule has 2 aromatic carbocycles. The van der Waals surface area contributed by atoms with Crippen LogP contribution >= 0.6 is 0 Å². The molecule has 0 saturated carbocycles. The van der Waals surface area contributed by atoms with Crippen LogP contribution in [-0.2, 0) is 6.54 Å². The summed E-state index contributed by atoms with van der Waals surface area (Å²) in [6.45, 7) is 4.66. The number of nitrogens with one attached hydrogen (secondary N) is 2. The molecule has 0 radical (unpaired) electrons. The van der Waals surface area contributed by atoms with Gasteiger partial charge in [0.1, 0.15) is 11.5 Å². The van der Waals surface area contributed by atoms with Crippen LogP contribution in [0.2, 0.25) is 0 Å². The van der Waals surface area contributed by atoms with Crippen molar-refractivity contribution < 1.29 is 14.3 Å². The topological polar surface area (TPSA) is 85.4 Å². The number of hydrogen-bond acceptors (Lipinski definition) is 6. The second-order valence-electron chi connectivity index (χ2n) is 6.60. The molecule has 28 heavy (non-hydrogen) atoms. The van der Waals surface area contributed by atoms with E-state index in [0.717, 1.165) is 16.8 Å². The normalized spacial score (nSPS) is 11.9. The third kappa shape index (κ3) is 3.88. The zero-order valence-corrected chi connectivity index (χ0v) is 15.7. The third-order valence-corrected chi connectivity index (χ3v) is 4.42. The Morgan fingerprint density at radius 3 is 2.68 bits per heavy atom. The number of ether oxygens (including phenoxy) is 2. The molecule has 7 heteroatoms. The molecule has 1 aliphatic heterocycles. The predicted molar refractivity (Wildman–Crippen MR) is 105 cm³/mol. The average Bonchev–Trinajstić information content (AvgIpc) is 3.17. The number of hydrogen-bond donors (Lipinski definition) is 2. The van der Waals surface area contributed by atoms with Crippen LogP contribution < -0.4 is 20.1 Å². The summed E-state index contributed by atoms with van der Waals surface area (Å²) in [6.07, 6.45) is 3.01. The van der Waals surface area contributed by atoms with E-state index >= 15 is 0 Å². The molecule has 0 unspecified atom stereocenters. The van der Waals surface area contributed by atoms with Crippen molar-refractivity contribution in [1.82, 2.24) is 15.3 Å². The van der Waals surface area contributed by atoms with Crippen molar-refractivity contribution in [3.63, 3.8) is 0 Å². The molecule has 0 atom stereocenters. The first-order chi connectivity index (χ1) is 13.6. The molecular formula is C21H20N4O3. The first-order valence-corrected chi connectivity index (χ1v) is 8.91. The highest BCUT2D eigenvalue weighted by molar-refractivity contribution is 5.92. The molecule has 1 aliphatic rings. The van der Waals surface area contributed by atoms with Gasteiger partial charge in [-0.15, -0.1) is 0 Å². The molecule has 1 aromatic heterocycles. The van der Waals surface area contributed by atoms with Crippen LogP contribution in [0, 0.1) is 13.8 Å². The summed E-state index contributed by atoms with van der Waals surface area (Å²) in [5, 5.41) is 6.05. The van der Waals surface area contributed by atoms with Crippen molar-refractivity contribution in [1.29, 1.82) is 0 Å². The largest absolute Gasteiger partial charge is 0.454 e. The summed E-state index contributed by atoms with van der Waals surface area (Å²) in [4.78, 5) is 20.8. The highest BCUT2D eigenvalue weighted by Gasteiger charge is 2.14. The number of nitrogens with zero attached hydrogens (tertiary/aromatic N) is 2. The quantitative estimate of drug-likeness (QED) is 0.709. The number of benzene rings is 2. The molecule has 0 spiro atoms. The summed E-state index contributed by atoms with van der Waals surface area (Å²) in [5.41, 5.74) is 4.45. The van der Waals surface area contributed by atoms with Gasteiger partial charge in [-0.05, 0) is 43.2 Å². The molecule has 4 rings (SSSR count).